The largest absolute Gasteiger partial charge is 0.330 e. The number of nitrogens with zero attached hydrogens (tertiary/aromatic N) is 6. The van der Waals surface area contributed by atoms with E-state index in [0.717, 1.165) is 241 Å². The van der Waals surface area contributed by atoms with Gasteiger partial charge in [-0.3, -0.25) is 9.80 Å². The van der Waals surface area contributed by atoms with Gasteiger partial charge in [0, 0.05) is 26.2 Å². The molecule has 0 aromatic rings. The van der Waals surface area contributed by atoms with E-state index in [0.29, 0.717) is 0 Å². The minimum Gasteiger partial charge on any atom is -0.330 e. The molecule has 0 aliphatic carbocycles. The quantitative estimate of drug-likeness (QED) is 0.0357. The predicted molar refractivity (Wildman–Crippen MR) is 222 cm³/mol. The van der Waals surface area contributed by atoms with Crippen molar-refractivity contribution in [1.29, 1.82) is 0 Å². The highest BCUT2D eigenvalue weighted by molar-refractivity contribution is 4.70. The van der Waals surface area contributed by atoms with Gasteiger partial charge < -0.3 is 65.5 Å². The highest BCUT2D eigenvalue weighted by Gasteiger charge is 2.16. The van der Waals surface area contributed by atoms with Crippen molar-refractivity contribution >= 4 is 0 Å². The molecule has 0 saturated carbocycles. The Labute approximate surface area is 315 Å². The first-order chi connectivity index (χ1) is 25.0. The van der Waals surface area contributed by atoms with Crippen molar-refractivity contribution < 1.29 is 0 Å². The van der Waals surface area contributed by atoms with Crippen LogP contribution >= 0.6 is 0 Å². The van der Waals surface area contributed by atoms with Crippen LogP contribution in [0, 0.1) is 0 Å². The first-order valence-electron chi connectivity index (χ1n) is 21.0. The van der Waals surface area contributed by atoms with E-state index in [1.165, 1.54) is 0 Å². The van der Waals surface area contributed by atoms with Crippen LogP contribution in [0.5, 0.6) is 0 Å². The molecule has 308 valence electrons. The second-order valence-electron chi connectivity index (χ2n) is 14.3. The van der Waals surface area contributed by atoms with Gasteiger partial charge in [-0.1, -0.05) is 0 Å². The lowest BCUT2D eigenvalue weighted by Crippen LogP contribution is -2.43. The maximum absolute atomic E-state index is 5.88. The molecule has 0 aromatic carbocycles. The molecule has 0 radical (unpaired) electrons. The molecule has 16 N–H and O–H groups in total. The lowest BCUT2D eigenvalue weighted by atomic mass is 10.2. The smallest absolute Gasteiger partial charge is 0.0506 e. The predicted octanol–water partition coefficient (Wildman–Crippen LogP) is -0.893. The highest BCUT2D eigenvalue weighted by Crippen LogP contribution is 2.07. The number of nitrogens with two attached hydrogens (primary N) is 8. The molecular weight excluding hydrogens is 641 g/mol. The second kappa shape index (κ2) is 39.1. The van der Waals surface area contributed by atoms with E-state index in [1.54, 1.807) is 0 Å². The molecule has 0 bridgehead atoms. The Balaban J connectivity index is 5.78. The average Bonchev–Trinajstić information content (AvgIpc) is 3.14. The van der Waals surface area contributed by atoms with Gasteiger partial charge in [0.1, 0.15) is 0 Å². The molecule has 0 unspecified atom stereocenters. The normalized spacial score (nSPS) is 12.4. The molecule has 0 fully saturated rings. The van der Waals surface area contributed by atoms with Crippen LogP contribution in [0.4, 0.5) is 0 Å². The first kappa shape index (κ1) is 50.4. The molecule has 0 aliphatic rings. The molecule has 0 spiro atoms. The molecule has 0 amide bonds. The zero-order valence-electron chi connectivity index (χ0n) is 33.5. The van der Waals surface area contributed by atoms with Gasteiger partial charge in [0.15, 0.2) is 0 Å². The van der Waals surface area contributed by atoms with Crippen molar-refractivity contribution in [2.45, 2.75) is 77.0 Å². The van der Waals surface area contributed by atoms with E-state index < -0.39 is 0 Å². The van der Waals surface area contributed by atoms with Crippen LogP contribution in [0.3, 0.4) is 0 Å². The minimum absolute atomic E-state index is 0.733. The third kappa shape index (κ3) is 31.5. The van der Waals surface area contributed by atoms with Gasteiger partial charge in [-0.2, -0.15) is 0 Å². The van der Waals surface area contributed by atoms with Crippen molar-refractivity contribution in [2.24, 2.45) is 45.9 Å². The summed E-state index contributed by atoms with van der Waals surface area (Å²) in [5.41, 5.74) is 47.0. The topological polar surface area (TPSA) is 228 Å². The molecule has 0 atom stereocenters. The molecule has 0 aromatic heterocycles. The summed E-state index contributed by atoms with van der Waals surface area (Å²) in [4.78, 5) is 15.7. The van der Waals surface area contributed by atoms with Crippen LogP contribution in [-0.2, 0) is 0 Å². The van der Waals surface area contributed by atoms with Gasteiger partial charge >= 0.3 is 0 Å². The summed E-state index contributed by atoms with van der Waals surface area (Å²) in [6.45, 7) is 24.0. The third-order valence-electron chi connectivity index (χ3n) is 9.62. The van der Waals surface area contributed by atoms with E-state index in [-0.39, 0.29) is 0 Å². The van der Waals surface area contributed by atoms with Crippen LogP contribution in [-0.4, -0.2) is 193 Å². The van der Waals surface area contributed by atoms with Gasteiger partial charge in [-0.05, 0) is 208 Å². The van der Waals surface area contributed by atoms with Gasteiger partial charge in [0.05, 0.1) is 6.67 Å². The number of rotatable bonds is 42. The van der Waals surface area contributed by atoms with Crippen molar-refractivity contribution in [1.82, 2.24) is 29.4 Å². The summed E-state index contributed by atoms with van der Waals surface area (Å²) in [5, 5.41) is 0. The molecule has 0 aliphatic heterocycles. The number of hydrogen-bond donors (Lipinski definition) is 8. The van der Waals surface area contributed by atoms with Gasteiger partial charge in [-0.25, -0.2) is 0 Å². The summed E-state index contributed by atoms with van der Waals surface area (Å²) in [5.74, 6) is 0. The van der Waals surface area contributed by atoms with Crippen LogP contribution < -0.4 is 45.9 Å². The Morgan fingerprint density at radius 2 is 0.314 bits per heavy atom. The Bertz CT molecular complexity index is 541. The summed E-state index contributed by atoms with van der Waals surface area (Å²) in [6.07, 6.45) is 12.8. The molecule has 51 heavy (non-hydrogen) atoms. The van der Waals surface area contributed by atoms with E-state index >= 15 is 0 Å². The SMILES string of the molecule is NCCCN(CCCN)CCCN(CCCN(CCCN)CCCN)CN(CCCN(CCCN)CCCN)CCCN(CCCN)CCCN. The fourth-order valence-corrected chi connectivity index (χ4v) is 6.72. The average molecular weight is 731 g/mol. The van der Waals surface area contributed by atoms with Crippen LogP contribution in [0.15, 0.2) is 0 Å². The van der Waals surface area contributed by atoms with Crippen molar-refractivity contribution in [2.75, 3.05) is 164 Å². The van der Waals surface area contributed by atoms with Gasteiger partial charge in [0.2, 0.25) is 0 Å². The van der Waals surface area contributed by atoms with Crippen molar-refractivity contribution in [3.63, 3.8) is 0 Å². The first-order valence-corrected chi connectivity index (χ1v) is 21.0. The van der Waals surface area contributed by atoms with E-state index in [9.17, 15) is 0 Å². The fourth-order valence-electron chi connectivity index (χ4n) is 6.72. The molecular formula is C37H90N14. The minimum atomic E-state index is 0.733. The van der Waals surface area contributed by atoms with E-state index in [4.69, 9.17) is 45.9 Å². The lowest BCUT2D eigenvalue weighted by molar-refractivity contribution is 0.108. The summed E-state index contributed by atoms with van der Waals surface area (Å²) < 4.78 is 0. The molecule has 0 heterocycles. The lowest BCUT2D eigenvalue weighted by Gasteiger charge is -2.33. The van der Waals surface area contributed by atoms with E-state index in [1.807, 2.05) is 0 Å². The fraction of sp³-hybridized carbons (Fsp3) is 1.00. The highest BCUT2D eigenvalue weighted by atomic mass is 15.3. The molecule has 14 nitrogen and oxygen atoms in total. The van der Waals surface area contributed by atoms with E-state index in [2.05, 4.69) is 29.4 Å². The van der Waals surface area contributed by atoms with Crippen LogP contribution in [0.1, 0.15) is 77.0 Å². The van der Waals surface area contributed by atoms with Crippen molar-refractivity contribution in [3.05, 3.63) is 0 Å². The Morgan fingerprint density at radius 3 is 0.471 bits per heavy atom. The van der Waals surface area contributed by atoms with Crippen LogP contribution in [0.25, 0.3) is 0 Å². The van der Waals surface area contributed by atoms with Gasteiger partial charge in [0.25, 0.3) is 0 Å². The molecule has 0 saturated heterocycles. The zero-order chi connectivity index (χ0) is 37.6. The standard InChI is InChI=1S/C37H90N14/c38-13-1-21-46(22-2-14-39)29-9-33-50(34-10-30-47(23-3-15-40)24-4-16-41)37-51(35-11-31-48(25-5-17-42)26-6-18-43)36-12-32-49(27-7-19-44)28-8-20-45/h1-45H2. The Kier molecular flexibility index (Phi) is 38.7. The Morgan fingerprint density at radius 1 is 0.176 bits per heavy atom. The summed E-state index contributed by atoms with van der Waals surface area (Å²) in [7, 11) is 0. The van der Waals surface area contributed by atoms with Gasteiger partial charge in [-0.15, -0.1) is 0 Å². The monoisotopic (exact) mass is 731 g/mol. The Hall–Kier alpha value is -0.560. The maximum Gasteiger partial charge on any atom is 0.0506 e. The maximum atomic E-state index is 5.88. The second-order valence-corrected chi connectivity index (χ2v) is 14.3. The zero-order valence-corrected chi connectivity index (χ0v) is 33.5. The van der Waals surface area contributed by atoms with Crippen molar-refractivity contribution in [3.8, 4) is 0 Å². The summed E-state index contributed by atoms with van der Waals surface area (Å²) in [6, 6.07) is 0. The third-order valence-corrected chi connectivity index (χ3v) is 9.62. The molecule has 14 heteroatoms. The summed E-state index contributed by atoms with van der Waals surface area (Å²) >= 11 is 0. The number of hydrogen-bond acceptors (Lipinski definition) is 14. The molecule has 0 rings (SSSR count). The van der Waals surface area contributed by atoms with Crippen LogP contribution in [0.2, 0.25) is 0 Å².